The highest BCUT2D eigenvalue weighted by Gasteiger charge is 2.38. The first kappa shape index (κ1) is 11.9. The maximum atomic E-state index is 5.50. The van der Waals surface area contributed by atoms with Crippen LogP contribution in [0.5, 0.6) is 0 Å². The zero-order chi connectivity index (χ0) is 13.1. The molecule has 0 saturated heterocycles. The molecule has 0 spiro atoms. The third-order valence-electron chi connectivity index (χ3n) is 3.49. The van der Waals surface area contributed by atoms with Crippen molar-refractivity contribution in [3.63, 3.8) is 0 Å². The van der Waals surface area contributed by atoms with Gasteiger partial charge in [0.15, 0.2) is 0 Å². The predicted octanol–water partition coefficient (Wildman–Crippen LogP) is 1.65. The lowest BCUT2D eigenvalue weighted by Crippen LogP contribution is -2.44. The van der Waals surface area contributed by atoms with E-state index in [9.17, 15) is 0 Å². The summed E-state index contributed by atoms with van der Waals surface area (Å²) in [5.41, 5.74) is 4.57. The van der Waals surface area contributed by atoms with Crippen LogP contribution < -0.4 is 11.4 Å². The van der Waals surface area contributed by atoms with E-state index in [1.807, 2.05) is 36.4 Å². The molecule has 19 heavy (non-hydrogen) atoms. The molecule has 4 nitrogen and oxygen atoms in total. The van der Waals surface area contributed by atoms with Gasteiger partial charge < -0.3 is 0 Å². The van der Waals surface area contributed by atoms with Crippen molar-refractivity contribution in [1.29, 1.82) is 0 Å². The van der Waals surface area contributed by atoms with Crippen LogP contribution in [0.2, 0.25) is 0 Å². The number of hydrazine groups is 2. The molecular formula is C15H16N4. The largest absolute Gasteiger partial charge is 0.282 e. The Morgan fingerprint density at radius 1 is 0.947 bits per heavy atom. The summed E-state index contributed by atoms with van der Waals surface area (Å²) < 4.78 is 0. The van der Waals surface area contributed by atoms with Crippen LogP contribution in [0.1, 0.15) is 11.1 Å². The van der Waals surface area contributed by atoms with Crippen LogP contribution in [-0.4, -0.2) is 17.9 Å². The Kier molecular flexibility index (Phi) is 3.03. The van der Waals surface area contributed by atoms with Gasteiger partial charge in [-0.1, -0.05) is 60.7 Å². The van der Waals surface area contributed by atoms with Gasteiger partial charge in [0.1, 0.15) is 11.9 Å². The predicted molar refractivity (Wildman–Crippen MR) is 76.2 cm³/mol. The molecule has 2 aromatic rings. The van der Waals surface area contributed by atoms with Crippen LogP contribution in [0.15, 0.2) is 65.7 Å². The average molecular weight is 252 g/mol. The molecule has 1 heterocycles. The van der Waals surface area contributed by atoms with E-state index in [-0.39, 0.29) is 0 Å². The maximum Gasteiger partial charge on any atom is 0.131 e. The van der Waals surface area contributed by atoms with Gasteiger partial charge in [0.05, 0.1) is 6.54 Å². The van der Waals surface area contributed by atoms with E-state index in [4.69, 9.17) is 10.8 Å². The van der Waals surface area contributed by atoms with Gasteiger partial charge in [-0.05, 0) is 11.1 Å². The number of hydrogen-bond donors (Lipinski definition) is 2. The summed E-state index contributed by atoms with van der Waals surface area (Å²) in [5.74, 6) is 5.50. The summed E-state index contributed by atoms with van der Waals surface area (Å²) in [6.45, 7) is 0.678. The Morgan fingerprint density at radius 3 is 1.89 bits per heavy atom. The highest BCUT2D eigenvalue weighted by Crippen LogP contribution is 2.36. The van der Waals surface area contributed by atoms with Gasteiger partial charge >= 0.3 is 0 Å². The molecule has 1 aliphatic rings. The summed E-state index contributed by atoms with van der Waals surface area (Å²) in [5, 5.41) is 1.79. The van der Waals surface area contributed by atoms with E-state index >= 15 is 0 Å². The van der Waals surface area contributed by atoms with Crippen LogP contribution in [0.3, 0.4) is 0 Å². The highest BCUT2D eigenvalue weighted by atomic mass is 15.6. The van der Waals surface area contributed by atoms with E-state index < -0.39 is 5.54 Å². The average Bonchev–Trinajstić information content (AvgIpc) is 2.95. The van der Waals surface area contributed by atoms with Crippen LogP contribution >= 0.6 is 0 Å². The van der Waals surface area contributed by atoms with E-state index in [1.54, 1.807) is 11.3 Å². The standard InChI is InChI=1S/C15H16N4/c16-18-19-11-15(17-12-19,13-7-3-1-4-8-13)14-9-5-2-6-10-14/h1-10,12,18H,11,16H2. The van der Waals surface area contributed by atoms with Crippen LogP contribution in [0.4, 0.5) is 0 Å². The summed E-state index contributed by atoms with van der Waals surface area (Å²) in [7, 11) is 0. The Morgan fingerprint density at radius 2 is 1.47 bits per heavy atom. The lowest BCUT2D eigenvalue weighted by molar-refractivity contribution is 0.301. The third kappa shape index (κ3) is 2.01. The molecule has 0 amide bonds. The lowest BCUT2D eigenvalue weighted by atomic mass is 9.84. The van der Waals surface area contributed by atoms with Gasteiger partial charge in [-0.25, -0.2) is 0 Å². The molecule has 1 aliphatic heterocycles. The molecule has 0 unspecified atom stereocenters. The molecule has 0 aromatic heterocycles. The zero-order valence-corrected chi connectivity index (χ0v) is 10.5. The Hall–Kier alpha value is -2.17. The fraction of sp³-hybridized carbons (Fsp3) is 0.133. The van der Waals surface area contributed by atoms with E-state index in [1.165, 1.54) is 0 Å². The summed E-state index contributed by atoms with van der Waals surface area (Å²) in [6, 6.07) is 20.6. The van der Waals surface area contributed by atoms with Crippen molar-refractivity contribution in [2.75, 3.05) is 6.54 Å². The van der Waals surface area contributed by atoms with Crippen molar-refractivity contribution in [2.24, 2.45) is 10.8 Å². The fourth-order valence-corrected chi connectivity index (χ4v) is 2.50. The van der Waals surface area contributed by atoms with Crippen LogP contribution in [-0.2, 0) is 5.54 Å². The molecular weight excluding hydrogens is 236 g/mol. The minimum absolute atomic E-state index is 0.394. The number of nitrogens with zero attached hydrogens (tertiary/aromatic N) is 2. The monoisotopic (exact) mass is 252 g/mol. The van der Waals surface area contributed by atoms with Gasteiger partial charge in [-0.3, -0.25) is 15.8 Å². The molecule has 0 saturated carbocycles. The lowest BCUT2D eigenvalue weighted by Gasteiger charge is -2.28. The summed E-state index contributed by atoms with van der Waals surface area (Å²) in [4.78, 5) is 4.72. The smallest absolute Gasteiger partial charge is 0.131 e. The maximum absolute atomic E-state index is 5.50. The fourth-order valence-electron chi connectivity index (χ4n) is 2.50. The topological polar surface area (TPSA) is 53.6 Å². The van der Waals surface area contributed by atoms with Gasteiger partial charge in [0.2, 0.25) is 0 Å². The second kappa shape index (κ2) is 4.84. The molecule has 0 fully saturated rings. The first-order valence-electron chi connectivity index (χ1n) is 6.24. The number of aliphatic imine (C=N–C) groups is 1. The Bertz CT molecular complexity index is 526. The first-order valence-corrected chi connectivity index (χ1v) is 6.24. The van der Waals surface area contributed by atoms with Crippen molar-refractivity contribution in [1.82, 2.24) is 10.5 Å². The molecule has 2 aromatic carbocycles. The summed E-state index contributed by atoms with van der Waals surface area (Å²) >= 11 is 0. The Balaban J connectivity index is 2.11. The van der Waals surface area contributed by atoms with Gasteiger partial charge in [0.25, 0.3) is 0 Å². The third-order valence-corrected chi connectivity index (χ3v) is 3.49. The first-order chi connectivity index (χ1) is 9.35. The van der Waals surface area contributed by atoms with Crippen molar-refractivity contribution in [3.8, 4) is 0 Å². The van der Waals surface area contributed by atoms with Gasteiger partial charge in [-0.2, -0.15) is 5.53 Å². The molecule has 3 rings (SSSR count). The molecule has 0 bridgehead atoms. The minimum Gasteiger partial charge on any atom is -0.282 e. The molecule has 0 atom stereocenters. The second-order valence-electron chi connectivity index (χ2n) is 4.59. The van der Waals surface area contributed by atoms with E-state index in [0.29, 0.717) is 6.54 Å². The summed E-state index contributed by atoms with van der Waals surface area (Å²) in [6.07, 6.45) is 1.75. The molecule has 0 radical (unpaired) electrons. The number of rotatable bonds is 3. The normalized spacial score (nSPS) is 16.8. The second-order valence-corrected chi connectivity index (χ2v) is 4.59. The van der Waals surface area contributed by atoms with Gasteiger partial charge in [-0.15, -0.1) is 0 Å². The highest BCUT2D eigenvalue weighted by molar-refractivity contribution is 5.62. The van der Waals surface area contributed by atoms with Crippen molar-refractivity contribution in [2.45, 2.75) is 5.54 Å². The molecule has 4 heteroatoms. The van der Waals surface area contributed by atoms with Crippen molar-refractivity contribution >= 4 is 6.34 Å². The molecule has 0 aliphatic carbocycles. The molecule has 96 valence electrons. The number of nitrogens with one attached hydrogen (secondary N) is 1. The molecule has 3 N–H and O–H groups in total. The van der Waals surface area contributed by atoms with Crippen LogP contribution in [0.25, 0.3) is 0 Å². The van der Waals surface area contributed by atoms with Crippen molar-refractivity contribution in [3.05, 3.63) is 71.8 Å². The van der Waals surface area contributed by atoms with E-state index in [0.717, 1.165) is 11.1 Å². The van der Waals surface area contributed by atoms with Crippen LogP contribution in [0, 0.1) is 0 Å². The number of hydrogen-bond acceptors (Lipinski definition) is 4. The number of benzene rings is 2. The zero-order valence-electron chi connectivity index (χ0n) is 10.5. The quantitative estimate of drug-likeness (QED) is 0.645. The van der Waals surface area contributed by atoms with E-state index in [2.05, 4.69) is 29.8 Å². The van der Waals surface area contributed by atoms with Crippen molar-refractivity contribution < 1.29 is 0 Å². The Labute approximate surface area is 112 Å². The SMILES string of the molecule is NNN1C=NC(c2ccccc2)(c2ccccc2)C1. The number of nitrogens with two attached hydrogens (primary N) is 1. The van der Waals surface area contributed by atoms with Gasteiger partial charge in [0, 0.05) is 0 Å². The minimum atomic E-state index is -0.394.